The molecular weight excluding hydrogens is 216 g/mol. The third kappa shape index (κ3) is 9.00. The van der Waals surface area contributed by atoms with Crippen molar-refractivity contribution in [3.05, 3.63) is 6.42 Å². The van der Waals surface area contributed by atoms with Crippen LogP contribution in [0.2, 0.25) is 0 Å². The molecule has 0 N–H and O–H groups in total. The van der Waals surface area contributed by atoms with E-state index in [1.807, 2.05) is 0 Å². The SMILES string of the molecule is CCCCCCCCCCCCC1[CH]CCCC1. The molecule has 0 aromatic rings. The van der Waals surface area contributed by atoms with Crippen molar-refractivity contribution in [2.45, 2.75) is 103 Å². The average molecular weight is 251 g/mol. The van der Waals surface area contributed by atoms with E-state index >= 15 is 0 Å². The van der Waals surface area contributed by atoms with Crippen LogP contribution >= 0.6 is 0 Å². The van der Waals surface area contributed by atoms with Crippen molar-refractivity contribution >= 4 is 0 Å². The molecule has 1 atom stereocenters. The Bertz CT molecular complexity index is 155. The van der Waals surface area contributed by atoms with Crippen molar-refractivity contribution < 1.29 is 0 Å². The van der Waals surface area contributed by atoms with Crippen LogP contribution in [0.5, 0.6) is 0 Å². The molecule has 0 aliphatic heterocycles. The van der Waals surface area contributed by atoms with Gasteiger partial charge in [-0.2, -0.15) is 0 Å². The summed E-state index contributed by atoms with van der Waals surface area (Å²) >= 11 is 0. The maximum Gasteiger partial charge on any atom is -0.0355 e. The molecular formula is C18H35. The third-order valence-electron chi connectivity index (χ3n) is 4.46. The van der Waals surface area contributed by atoms with Crippen LogP contribution in [0.1, 0.15) is 103 Å². The van der Waals surface area contributed by atoms with E-state index in [9.17, 15) is 0 Å². The summed E-state index contributed by atoms with van der Waals surface area (Å²) in [5.41, 5.74) is 0. The molecule has 0 nitrogen and oxygen atoms in total. The van der Waals surface area contributed by atoms with Gasteiger partial charge in [-0.3, -0.25) is 0 Å². The first-order valence-electron chi connectivity index (χ1n) is 8.77. The summed E-state index contributed by atoms with van der Waals surface area (Å²) in [4.78, 5) is 0. The summed E-state index contributed by atoms with van der Waals surface area (Å²) in [5, 5.41) is 0. The molecule has 107 valence electrons. The van der Waals surface area contributed by atoms with E-state index in [1.54, 1.807) is 0 Å². The lowest BCUT2D eigenvalue weighted by atomic mass is 9.85. The van der Waals surface area contributed by atoms with Gasteiger partial charge in [-0.15, -0.1) is 0 Å². The summed E-state index contributed by atoms with van der Waals surface area (Å²) in [7, 11) is 0. The van der Waals surface area contributed by atoms with Gasteiger partial charge in [0.05, 0.1) is 0 Å². The highest BCUT2D eigenvalue weighted by Crippen LogP contribution is 2.27. The lowest BCUT2D eigenvalue weighted by Gasteiger charge is -2.20. The molecule has 1 unspecified atom stereocenters. The summed E-state index contributed by atoms with van der Waals surface area (Å²) < 4.78 is 0. The second kappa shape index (κ2) is 12.1. The summed E-state index contributed by atoms with van der Waals surface area (Å²) in [6.45, 7) is 2.30. The Morgan fingerprint density at radius 1 is 0.778 bits per heavy atom. The van der Waals surface area contributed by atoms with Gasteiger partial charge in [0.2, 0.25) is 0 Å². The molecule has 1 radical (unpaired) electrons. The van der Waals surface area contributed by atoms with E-state index in [0.717, 1.165) is 5.92 Å². The summed E-state index contributed by atoms with van der Waals surface area (Å²) in [5.74, 6) is 0.979. The van der Waals surface area contributed by atoms with Crippen LogP contribution in [0, 0.1) is 12.3 Å². The monoisotopic (exact) mass is 251 g/mol. The Kier molecular flexibility index (Phi) is 10.8. The normalized spacial score (nSPS) is 17.2. The Morgan fingerprint density at radius 2 is 1.39 bits per heavy atom. The highest BCUT2D eigenvalue weighted by atomic mass is 14.2. The van der Waals surface area contributed by atoms with Gasteiger partial charge in [0.15, 0.2) is 0 Å². The second-order valence-electron chi connectivity index (χ2n) is 6.25. The summed E-state index contributed by atoms with van der Waals surface area (Å²) in [6, 6.07) is 0. The molecule has 18 heavy (non-hydrogen) atoms. The molecule has 0 spiro atoms. The van der Waals surface area contributed by atoms with Crippen LogP contribution in [0.3, 0.4) is 0 Å². The Balaban J connectivity index is 1.73. The van der Waals surface area contributed by atoms with Crippen LogP contribution in [0.25, 0.3) is 0 Å². The molecule has 0 amide bonds. The van der Waals surface area contributed by atoms with Gasteiger partial charge < -0.3 is 0 Å². The largest absolute Gasteiger partial charge is 0.0654 e. The molecule has 0 aromatic carbocycles. The van der Waals surface area contributed by atoms with E-state index in [4.69, 9.17) is 0 Å². The first-order valence-corrected chi connectivity index (χ1v) is 8.77. The van der Waals surface area contributed by atoms with E-state index in [-0.39, 0.29) is 0 Å². The number of hydrogen-bond acceptors (Lipinski definition) is 0. The predicted octanol–water partition coefficient (Wildman–Crippen LogP) is 6.69. The zero-order valence-electron chi connectivity index (χ0n) is 12.8. The van der Waals surface area contributed by atoms with Gasteiger partial charge in [-0.25, -0.2) is 0 Å². The predicted molar refractivity (Wildman–Crippen MR) is 82.7 cm³/mol. The molecule has 1 saturated carbocycles. The highest BCUT2D eigenvalue weighted by Gasteiger charge is 2.12. The van der Waals surface area contributed by atoms with Crippen molar-refractivity contribution in [3.63, 3.8) is 0 Å². The lowest BCUT2D eigenvalue weighted by molar-refractivity contribution is 0.402. The zero-order valence-corrected chi connectivity index (χ0v) is 12.8. The second-order valence-corrected chi connectivity index (χ2v) is 6.25. The maximum atomic E-state index is 2.59. The van der Waals surface area contributed by atoms with Crippen molar-refractivity contribution in [1.29, 1.82) is 0 Å². The fourth-order valence-corrected chi connectivity index (χ4v) is 3.18. The average Bonchev–Trinajstić information content (AvgIpc) is 2.42. The Hall–Kier alpha value is 0. The molecule has 1 aliphatic carbocycles. The molecule has 1 fully saturated rings. The maximum absolute atomic E-state index is 2.59. The van der Waals surface area contributed by atoms with Crippen LogP contribution < -0.4 is 0 Å². The van der Waals surface area contributed by atoms with Gasteiger partial charge in [-0.1, -0.05) is 96.8 Å². The molecule has 0 saturated heterocycles. The zero-order chi connectivity index (χ0) is 12.9. The van der Waals surface area contributed by atoms with Gasteiger partial charge >= 0.3 is 0 Å². The first kappa shape index (κ1) is 16.1. The third-order valence-corrected chi connectivity index (χ3v) is 4.46. The van der Waals surface area contributed by atoms with Crippen LogP contribution in [0.15, 0.2) is 0 Å². The standard InChI is InChI=1S/C18H35/c1-2-3-4-5-6-7-8-9-10-12-15-18-16-13-11-14-17-18/h16,18H,2-15,17H2,1H3. The minimum absolute atomic E-state index is 0.979. The van der Waals surface area contributed by atoms with Crippen LogP contribution in [0.4, 0.5) is 0 Å². The molecule has 0 heteroatoms. The molecule has 1 rings (SSSR count). The number of rotatable bonds is 11. The highest BCUT2D eigenvalue weighted by molar-refractivity contribution is 4.80. The first-order chi connectivity index (χ1) is 8.93. The smallest absolute Gasteiger partial charge is 0.0355 e. The van der Waals surface area contributed by atoms with Crippen molar-refractivity contribution in [2.24, 2.45) is 5.92 Å². The van der Waals surface area contributed by atoms with Crippen molar-refractivity contribution in [2.75, 3.05) is 0 Å². The Morgan fingerprint density at radius 3 is 1.94 bits per heavy atom. The summed E-state index contributed by atoms with van der Waals surface area (Å²) in [6.07, 6.45) is 24.6. The van der Waals surface area contributed by atoms with Gasteiger partial charge in [-0.05, 0) is 18.8 Å². The van der Waals surface area contributed by atoms with Gasteiger partial charge in [0, 0.05) is 0 Å². The lowest BCUT2D eigenvalue weighted by Crippen LogP contribution is -2.06. The van der Waals surface area contributed by atoms with Gasteiger partial charge in [0.25, 0.3) is 0 Å². The fourth-order valence-electron chi connectivity index (χ4n) is 3.18. The van der Waals surface area contributed by atoms with Crippen LogP contribution in [-0.4, -0.2) is 0 Å². The number of unbranched alkanes of at least 4 members (excludes halogenated alkanes) is 9. The van der Waals surface area contributed by atoms with E-state index in [1.165, 1.54) is 96.3 Å². The Labute approximate surface area is 116 Å². The molecule has 0 heterocycles. The van der Waals surface area contributed by atoms with Crippen molar-refractivity contribution in [3.8, 4) is 0 Å². The topological polar surface area (TPSA) is 0 Å². The van der Waals surface area contributed by atoms with Crippen molar-refractivity contribution in [1.82, 2.24) is 0 Å². The van der Waals surface area contributed by atoms with E-state index in [0.29, 0.717) is 0 Å². The van der Waals surface area contributed by atoms with Gasteiger partial charge in [0.1, 0.15) is 0 Å². The molecule has 1 aliphatic rings. The quantitative estimate of drug-likeness (QED) is 0.359. The van der Waals surface area contributed by atoms with E-state index in [2.05, 4.69) is 13.3 Å². The van der Waals surface area contributed by atoms with E-state index < -0.39 is 0 Å². The molecule has 0 bridgehead atoms. The molecule has 0 aromatic heterocycles. The van der Waals surface area contributed by atoms with Crippen LogP contribution in [-0.2, 0) is 0 Å². The minimum Gasteiger partial charge on any atom is -0.0654 e. The minimum atomic E-state index is 0.979. The fraction of sp³-hybridized carbons (Fsp3) is 0.944. The number of hydrogen-bond donors (Lipinski definition) is 0.